The second kappa shape index (κ2) is 5.07. The summed E-state index contributed by atoms with van der Waals surface area (Å²) in [5, 5.41) is 3.83. The molecular weight excluding hydrogens is 276 g/mol. The number of carbonyl (C=O) groups excluding carboxylic acids is 1. The van der Waals surface area contributed by atoms with E-state index in [0.29, 0.717) is 12.6 Å². The molecule has 0 saturated heterocycles. The van der Waals surface area contributed by atoms with Crippen LogP contribution in [0.4, 0.5) is 17.6 Å². The number of benzene rings is 1. The van der Waals surface area contributed by atoms with E-state index in [2.05, 4.69) is 5.10 Å². The molecule has 2 aromatic rings. The Kier molecular flexibility index (Phi) is 3.61. The fraction of sp³-hybridized carbons (Fsp3) is 0.231. The van der Waals surface area contributed by atoms with Crippen LogP contribution in [-0.4, -0.2) is 15.6 Å². The molecule has 1 aromatic heterocycles. The van der Waals surface area contributed by atoms with Crippen LogP contribution < -0.4 is 0 Å². The third kappa shape index (κ3) is 2.43. The van der Waals surface area contributed by atoms with E-state index in [9.17, 15) is 22.4 Å². The molecule has 0 saturated carbocycles. The van der Waals surface area contributed by atoms with Crippen LogP contribution in [-0.2, 0) is 12.7 Å². The average molecular weight is 286 g/mol. The van der Waals surface area contributed by atoms with Crippen molar-refractivity contribution in [2.24, 2.45) is 0 Å². The lowest BCUT2D eigenvalue weighted by atomic mass is 10.0. The Balaban J connectivity index is 2.52. The first kappa shape index (κ1) is 14.2. The number of alkyl halides is 3. The summed E-state index contributed by atoms with van der Waals surface area (Å²) in [6.07, 6.45) is -3.51. The fourth-order valence-electron chi connectivity index (χ4n) is 1.84. The number of ketones is 1. The first-order valence-corrected chi connectivity index (χ1v) is 5.78. The maximum atomic E-state index is 13.9. The van der Waals surface area contributed by atoms with Crippen LogP contribution in [0.15, 0.2) is 30.5 Å². The van der Waals surface area contributed by atoms with E-state index >= 15 is 0 Å². The Bertz CT molecular complexity index is 646. The normalized spacial score (nSPS) is 11.7. The highest BCUT2D eigenvalue weighted by atomic mass is 19.4. The zero-order valence-corrected chi connectivity index (χ0v) is 10.4. The molecule has 0 aliphatic carbocycles. The summed E-state index contributed by atoms with van der Waals surface area (Å²) in [4.78, 5) is 12.1. The number of nitrogens with zero attached hydrogens (tertiary/aromatic N) is 2. The molecule has 3 nitrogen and oxygen atoms in total. The van der Waals surface area contributed by atoms with Crippen molar-refractivity contribution >= 4 is 5.78 Å². The van der Waals surface area contributed by atoms with Crippen LogP contribution in [0, 0.1) is 5.82 Å². The van der Waals surface area contributed by atoms with Gasteiger partial charge in [-0.2, -0.15) is 18.3 Å². The summed E-state index contributed by atoms with van der Waals surface area (Å²) in [6.45, 7) is 2.07. The van der Waals surface area contributed by atoms with E-state index in [1.54, 1.807) is 6.92 Å². The molecule has 1 aromatic carbocycles. The van der Waals surface area contributed by atoms with Gasteiger partial charge in [-0.1, -0.05) is 6.07 Å². The van der Waals surface area contributed by atoms with Crippen LogP contribution >= 0.6 is 0 Å². The third-order valence-corrected chi connectivity index (χ3v) is 2.80. The van der Waals surface area contributed by atoms with Gasteiger partial charge >= 0.3 is 6.18 Å². The van der Waals surface area contributed by atoms with Gasteiger partial charge in [-0.15, -0.1) is 0 Å². The van der Waals surface area contributed by atoms with Crippen LogP contribution in [0.5, 0.6) is 0 Å². The van der Waals surface area contributed by atoms with E-state index in [1.807, 2.05) is 0 Å². The molecule has 0 aliphatic heterocycles. The van der Waals surface area contributed by atoms with Gasteiger partial charge in [0.2, 0.25) is 5.78 Å². The molecule has 20 heavy (non-hydrogen) atoms. The predicted molar refractivity (Wildman–Crippen MR) is 62.7 cm³/mol. The second-order valence-corrected chi connectivity index (χ2v) is 4.03. The molecule has 0 spiro atoms. The quantitative estimate of drug-likeness (QED) is 0.641. The molecule has 2 rings (SSSR count). The van der Waals surface area contributed by atoms with Crippen molar-refractivity contribution in [3.63, 3.8) is 0 Å². The summed E-state index contributed by atoms with van der Waals surface area (Å²) in [5.74, 6) is -2.39. The Morgan fingerprint density at radius 3 is 2.60 bits per heavy atom. The molecule has 0 aliphatic rings. The van der Waals surface area contributed by atoms with E-state index in [1.165, 1.54) is 16.9 Å². The molecule has 0 N–H and O–H groups in total. The van der Waals surface area contributed by atoms with Crippen molar-refractivity contribution in [2.75, 3.05) is 0 Å². The monoisotopic (exact) mass is 286 g/mol. The van der Waals surface area contributed by atoms with E-state index in [-0.39, 0.29) is 5.69 Å². The molecule has 0 atom stereocenters. The standard InChI is InChI=1S/C13H10F4N2O/c1-2-19-10(6-7-18-19)12(20)8-4-3-5-9(11(8)14)13(15,16)17/h3-7H,2H2,1H3. The molecule has 106 valence electrons. The highest BCUT2D eigenvalue weighted by Gasteiger charge is 2.36. The zero-order chi connectivity index (χ0) is 14.9. The van der Waals surface area contributed by atoms with Crippen LogP contribution in [0.1, 0.15) is 28.5 Å². The smallest absolute Gasteiger partial charge is 0.287 e. The summed E-state index contributed by atoms with van der Waals surface area (Å²) in [7, 11) is 0. The first-order valence-electron chi connectivity index (χ1n) is 5.78. The summed E-state index contributed by atoms with van der Waals surface area (Å²) < 4.78 is 53.0. The Hall–Kier alpha value is -2.18. The number of aryl methyl sites for hydroxylation is 1. The lowest BCUT2D eigenvalue weighted by Crippen LogP contribution is -2.15. The SMILES string of the molecule is CCn1nccc1C(=O)c1cccc(C(F)(F)F)c1F. The van der Waals surface area contributed by atoms with E-state index in [4.69, 9.17) is 0 Å². The zero-order valence-electron chi connectivity index (χ0n) is 10.4. The van der Waals surface area contributed by atoms with Gasteiger partial charge in [-0.05, 0) is 25.1 Å². The Labute approximate surface area is 111 Å². The predicted octanol–water partition coefficient (Wildman–Crippen LogP) is 3.29. The third-order valence-electron chi connectivity index (χ3n) is 2.80. The van der Waals surface area contributed by atoms with Crippen LogP contribution in [0.3, 0.4) is 0 Å². The molecule has 1 heterocycles. The molecule has 7 heteroatoms. The van der Waals surface area contributed by atoms with Crippen molar-refractivity contribution in [3.05, 3.63) is 53.1 Å². The number of hydrogen-bond acceptors (Lipinski definition) is 2. The highest BCUT2D eigenvalue weighted by molar-refractivity contribution is 6.08. The first-order chi connectivity index (χ1) is 9.36. The minimum Gasteiger partial charge on any atom is -0.287 e. The van der Waals surface area contributed by atoms with Crippen molar-refractivity contribution in [2.45, 2.75) is 19.6 Å². The summed E-state index contributed by atoms with van der Waals surface area (Å²) in [6, 6.07) is 3.97. The number of aromatic nitrogens is 2. The highest BCUT2D eigenvalue weighted by Crippen LogP contribution is 2.32. The van der Waals surface area contributed by atoms with Crippen molar-refractivity contribution in [1.29, 1.82) is 0 Å². The van der Waals surface area contributed by atoms with Gasteiger partial charge in [0, 0.05) is 12.7 Å². The summed E-state index contributed by atoms with van der Waals surface area (Å²) in [5.41, 5.74) is -2.02. The van der Waals surface area contributed by atoms with Gasteiger partial charge < -0.3 is 0 Å². The van der Waals surface area contributed by atoms with Crippen molar-refractivity contribution < 1.29 is 22.4 Å². The van der Waals surface area contributed by atoms with Gasteiger partial charge in [-0.25, -0.2) is 4.39 Å². The van der Waals surface area contributed by atoms with Gasteiger partial charge in [0.25, 0.3) is 0 Å². The lowest BCUT2D eigenvalue weighted by Gasteiger charge is -2.11. The fourth-order valence-corrected chi connectivity index (χ4v) is 1.84. The van der Waals surface area contributed by atoms with E-state index in [0.717, 1.165) is 12.1 Å². The van der Waals surface area contributed by atoms with Crippen molar-refractivity contribution in [1.82, 2.24) is 9.78 Å². The van der Waals surface area contributed by atoms with Gasteiger partial charge in [0.1, 0.15) is 11.5 Å². The number of hydrogen-bond donors (Lipinski definition) is 0. The number of carbonyl (C=O) groups is 1. The summed E-state index contributed by atoms with van der Waals surface area (Å²) >= 11 is 0. The van der Waals surface area contributed by atoms with Crippen molar-refractivity contribution in [3.8, 4) is 0 Å². The molecular formula is C13H10F4N2O. The topological polar surface area (TPSA) is 34.9 Å². The van der Waals surface area contributed by atoms with Gasteiger partial charge in [-0.3, -0.25) is 9.48 Å². The van der Waals surface area contributed by atoms with Crippen LogP contribution in [0.25, 0.3) is 0 Å². The largest absolute Gasteiger partial charge is 0.419 e. The minimum absolute atomic E-state index is 0.0470. The average Bonchev–Trinajstić information content (AvgIpc) is 2.85. The number of halogens is 4. The van der Waals surface area contributed by atoms with E-state index < -0.39 is 28.9 Å². The van der Waals surface area contributed by atoms with Gasteiger partial charge in [0.05, 0.1) is 11.1 Å². The van der Waals surface area contributed by atoms with Crippen LogP contribution in [0.2, 0.25) is 0 Å². The molecule has 0 unspecified atom stereocenters. The molecule has 0 bridgehead atoms. The number of rotatable bonds is 3. The maximum absolute atomic E-state index is 13.9. The Morgan fingerprint density at radius 2 is 2.00 bits per heavy atom. The molecule has 0 amide bonds. The van der Waals surface area contributed by atoms with Gasteiger partial charge in [0.15, 0.2) is 0 Å². The molecule has 0 fully saturated rings. The Morgan fingerprint density at radius 1 is 1.30 bits per heavy atom. The maximum Gasteiger partial charge on any atom is 0.419 e. The minimum atomic E-state index is -4.84. The lowest BCUT2D eigenvalue weighted by molar-refractivity contribution is -0.140. The molecule has 0 radical (unpaired) electrons. The second-order valence-electron chi connectivity index (χ2n) is 4.03.